The van der Waals surface area contributed by atoms with Crippen molar-refractivity contribution in [3.63, 3.8) is 0 Å². The third-order valence-corrected chi connectivity index (χ3v) is 3.24. The van der Waals surface area contributed by atoms with E-state index in [0.717, 1.165) is 0 Å². The Morgan fingerprint density at radius 3 is 2.00 bits per heavy atom. The number of ether oxygens (including phenoxy) is 3. The predicted octanol–water partition coefficient (Wildman–Crippen LogP) is 2.19. The first-order chi connectivity index (χ1) is 11.6. The monoisotopic (exact) mass is 330 g/mol. The van der Waals surface area contributed by atoms with Crippen LogP contribution in [0.2, 0.25) is 0 Å². The van der Waals surface area contributed by atoms with Crippen LogP contribution in [-0.2, 0) is 4.84 Å². The van der Waals surface area contributed by atoms with Gasteiger partial charge in [-0.05, 0) is 36.4 Å². The summed E-state index contributed by atoms with van der Waals surface area (Å²) in [5, 5.41) is 3.67. The van der Waals surface area contributed by atoms with Crippen molar-refractivity contribution in [2.24, 2.45) is 10.9 Å². The molecule has 0 unspecified atom stereocenters. The van der Waals surface area contributed by atoms with Gasteiger partial charge in [-0.2, -0.15) is 0 Å². The van der Waals surface area contributed by atoms with Gasteiger partial charge in [-0.3, -0.25) is 0 Å². The van der Waals surface area contributed by atoms with Gasteiger partial charge < -0.3 is 24.8 Å². The zero-order chi connectivity index (χ0) is 17.5. The summed E-state index contributed by atoms with van der Waals surface area (Å²) in [6.45, 7) is 0. The van der Waals surface area contributed by atoms with Crippen molar-refractivity contribution in [2.75, 3.05) is 21.3 Å². The standard InChI is InChI=1S/C17H18N2O5/c1-21-12-9-7-11(8-10-12)16(18)19-24-17(20)15-13(22-2)5-4-6-14(15)23-3/h4-10H,1-3H3,(H2,18,19). The molecule has 0 aromatic heterocycles. The fraction of sp³-hybridized carbons (Fsp3) is 0.176. The third kappa shape index (κ3) is 3.75. The molecule has 0 spiro atoms. The Morgan fingerprint density at radius 1 is 0.917 bits per heavy atom. The molecular weight excluding hydrogens is 312 g/mol. The summed E-state index contributed by atoms with van der Waals surface area (Å²) in [4.78, 5) is 17.2. The second-order valence-corrected chi connectivity index (χ2v) is 4.62. The number of benzene rings is 2. The van der Waals surface area contributed by atoms with Crippen LogP contribution in [-0.4, -0.2) is 33.1 Å². The largest absolute Gasteiger partial charge is 0.497 e. The SMILES string of the molecule is COc1ccc(/C(N)=N/OC(=O)c2c(OC)cccc2OC)cc1. The maximum Gasteiger partial charge on any atom is 0.373 e. The number of oxime groups is 1. The van der Waals surface area contributed by atoms with Crippen LogP contribution in [0.15, 0.2) is 47.6 Å². The summed E-state index contributed by atoms with van der Waals surface area (Å²) in [7, 11) is 4.45. The molecule has 0 aliphatic carbocycles. The Hall–Kier alpha value is -3.22. The Balaban J connectivity index is 2.20. The summed E-state index contributed by atoms with van der Waals surface area (Å²) in [6.07, 6.45) is 0. The maximum atomic E-state index is 12.3. The summed E-state index contributed by atoms with van der Waals surface area (Å²) >= 11 is 0. The van der Waals surface area contributed by atoms with Gasteiger partial charge in [0.15, 0.2) is 5.84 Å². The average molecular weight is 330 g/mol. The number of nitrogens with zero attached hydrogens (tertiary/aromatic N) is 1. The normalized spacial score (nSPS) is 10.9. The highest BCUT2D eigenvalue weighted by Crippen LogP contribution is 2.28. The van der Waals surface area contributed by atoms with Gasteiger partial charge in [-0.15, -0.1) is 0 Å². The zero-order valence-corrected chi connectivity index (χ0v) is 13.6. The lowest BCUT2D eigenvalue weighted by Crippen LogP contribution is -2.15. The maximum absolute atomic E-state index is 12.3. The van der Waals surface area contributed by atoms with E-state index in [2.05, 4.69) is 5.16 Å². The van der Waals surface area contributed by atoms with Crippen LogP contribution in [0.4, 0.5) is 0 Å². The van der Waals surface area contributed by atoms with Crippen LogP contribution in [0.5, 0.6) is 17.2 Å². The fourth-order valence-corrected chi connectivity index (χ4v) is 2.00. The van der Waals surface area contributed by atoms with Crippen LogP contribution < -0.4 is 19.9 Å². The molecule has 0 fully saturated rings. The van der Waals surface area contributed by atoms with E-state index in [4.69, 9.17) is 24.8 Å². The number of hydrogen-bond donors (Lipinski definition) is 1. The van der Waals surface area contributed by atoms with E-state index < -0.39 is 5.97 Å². The molecule has 7 heteroatoms. The van der Waals surface area contributed by atoms with Crippen LogP contribution in [0, 0.1) is 0 Å². The van der Waals surface area contributed by atoms with Gasteiger partial charge in [0, 0.05) is 5.56 Å². The van der Waals surface area contributed by atoms with Crippen molar-refractivity contribution in [1.82, 2.24) is 0 Å². The molecule has 2 aromatic rings. The van der Waals surface area contributed by atoms with Gasteiger partial charge >= 0.3 is 5.97 Å². The van der Waals surface area contributed by atoms with E-state index in [0.29, 0.717) is 22.8 Å². The van der Waals surface area contributed by atoms with Crippen molar-refractivity contribution in [2.45, 2.75) is 0 Å². The number of hydrogen-bond acceptors (Lipinski definition) is 6. The van der Waals surface area contributed by atoms with E-state index in [-0.39, 0.29) is 11.4 Å². The average Bonchev–Trinajstić information content (AvgIpc) is 2.65. The molecule has 0 aliphatic rings. The lowest BCUT2D eigenvalue weighted by Gasteiger charge is -2.10. The smallest absolute Gasteiger partial charge is 0.373 e. The highest BCUT2D eigenvalue weighted by Gasteiger charge is 2.20. The van der Waals surface area contributed by atoms with E-state index in [1.807, 2.05) is 0 Å². The minimum atomic E-state index is -0.735. The van der Waals surface area contributed by atoms with Gasteiger partial charge in [0.25, 0.3) is 0 Å². The number of rotatable bonds is 6. The predicted molar refractivity (Wildman–Crippen MR) is 88.7 cm³/mol. The molecule has 0 bridgehead atoms. The third-order valence-electron chi connectivity index (χ3n) is 3.24. The molecule has 0 amide bonds. The first-order valence-corrected chi connectivity index (χ1v) is 7.01. The molecule has 126 valence electrons. The Labute approximate surface area is 139 Å². The second kappa shape index (κ2) is 7.87. The highest BCUT2D eigenvalue weighted by atomic mass is 16.7. The highest BCUT2D eigenvalue weighted by molar-refractivity contribution is 5.99. The number of nitrogens with two attached hydrogens (primary N) is 1. The molecule has 0 radical (unpaired) electrons. The van der Waals surface area contributed by atoms with E-state index >= 15 is 0 Å². The molecule has 0 saturated carbocycles. The van der Waals surface area contributed by atoms with Crippen molar-refractivity contribution in [1.29, 1.82) is 0 Å². The topological polar surface area (TPSA) is 92.4 Å². The van der Waals surface area contributed by atoms with Crippen LogP contribution in [0.25, 0.3) is 0 Å². The van der Waals surface area contributed by atoms with Gasteiger partial charge in [0.2, 0.25) is 0 Å². The zero-order valence-electron chi connectivity index (χ0n) is 13.6. The Morgan fingerprint density at radius 2 is 1.50 bits per heavy atom. The van der Waals surface area contributed by atoms with E-state index in [1.165, 1.54) is 14.2 Å². The Kier molecular flexibility index (Phi) is 5.62. The Bertz CT molecular complexity index is 719. The number of carbonyl (C=O) groups excluding carboxylic acids is 1. The summed E-state index contributed by atoms with van der Waals surface area (Å²) in [6, 6.07) is 11.8. The quantitative estimate of drug-likeness (QED) is 0.378. The molecule has 2 aromatic carbocycles. The first kappa shape index (κ1) is 17.1. The van der Waals surface area contributed by atoms with Crippen LogP contribution in [0.1, 0.15) is 15.9 Å². The molecule has 24 heavy (non-hydrogen) atoms. The minimum Gasteiger partial charge on any atom is -0.497 e. The summed E-state index contributed by atoms with van der Waals surface area (Å²) < 4.78 is 15.4. The summed E-state index contributed by atoms with van der Waals surface area (Å²) in [5.41, 5.74) is 6.55. The second-order valence-electron chi connectivity index (χ2n) is 4.62. The molecule has 0 heterocycles. The van der Waals surface area contributed by atoms with Crippen molar-refractivity contribution >= 4 is 11.8 Å². The minimum absolute atomic E-state index is 0.0554. The number of methoxy groups -OCH3 is 3. The van der Waals surface area contributed by atoms with Crippen molar-refractivity contribution < 1.29 is 23.8 Å². The molecule has 7 nitrogen and oxygen atoms in total. The van der Waals surface area contributed by atoms with E-state index in [9.17, 15) is 4.79 Å². The van der Waals surface area contributed by atoms with Gasteiger partial charge in [-0.25, -0.2) is 4.79 Å². The molecule has 0 atom stereocenters. The van der Waals surface area contributed by atoms with Crippen molar-refractivity contribution in [3.05, 3.63) is 53.6 Å². The lowest BCUT2D eigenvalue weighted by molar-refractivity contribution is 0.0508. The molecular formula is C17H18N2O5. The van der Waals surface area contributed by atoms with Gasteiger partial charge in [-0.1, -0.05) is 11.2 Å². The molecule has 2 rings (SSSR count). The molecule has 2 N–H and O–H groups in total. The van der Waals surface area contributed by atoms with Crippen molar-refractivity contribution in [3.8, 4) is 17.2 Å². The lowest BCUT2D eigenvalue weighted by atomic mass is 10.2. The van der Waals surface area contributed by atoms with Crippen LogP contribution >= 0.6 is 0 Å². The fourth-order valence-electron chi connectivity index (χ4n) is 2.00. The van der Waals surface area contributed by atoms with Gasteiger partial charge in [0.1, 0.15) is 22.8 Å². The van der Waals surface area contributed by atoms with Gasteiger partial charge in [0.05, 0.1) is 21.3 Å². The molecule has 0 saturated heterocycles. The number of carbonyl (C=O) groups is 1. The van der Waals surface area contributed by atoms with Crippen LogP contribution in [0.3, 0.4) is 0 Å². The summed E-state index contributed by atoms with van der Waals surface area (Å²) in [5.74, 6) is 0.637. The first-order valence-electron chi connectivity index (χ1n) is 7.01. The molecule has 0 aliphatic heterocycles. The van der Waals surface area contributed by atoms with E-state index in [1.54, 1.807) is 49.6 Å². The number of amidine groups is 1.